The summed E-state index contributed by atoms with van der Waals surface area (Å²) in [5.74, 6) is -1.28. The molecule has 2 heterocycles. The molecule has 0 bridgehead atoms. The maximum Gasteiger partial charge on any atom is 0.492 e. The minimum Gasteiger partial charge on any atom is -0.477 e. The number of aromatic nitrogens is 1. The Bertz CT molecular complexity index is 975. The van der Waals surface area contributed by atoms with E-state index in [2.05, 4.69) is 4.98 Å². The molecule has 1 aromatic heterocycles. The van der Waals surface area contributed by atoms with Crippen molar-refractivity contribution >= 4 is 30.1 Å². The standard InChI is InChI=1S/C19H22BNO6/c1-18(2)19(3,4)27-20(26-18)12(10-22)7-11-5-6-15-13(8-11)16(23)14(9-21-15)17(24)25/h5-9,22H,10H2,1-4H3,(H,21,23)(H,24,25). The molecule has 1 aromatic carbocycles. The van der Waals surface area contributed by atoms with Gasteiger partial charge in [0.25, 0.3) is 0 Å². The van der Waals surface area contributed by atoms with Crippen LogP contribution in [0.4, 0.5) is 0 Å². The number of benzene rings is 1. The number of hydrogen-bond acceptors (Lipinski definition) is 5. The van der Waals surface area contributed by atoms with Crippen LogP contribution in [-0.4, -0.2) is 46.1 Å². The Kier molecular flexibility index (Phi) is 4.75. The molecular formula is C19H22BNO6. The lowest BCUT2D eigenvalue weighted by atomic mass is 9.77. The summed E-state index contributed by atoms with van der Waals surface area (Å²) >= 11 is 0. The number of aromatic amines is 1. The first-order valence-corrected chi connectivity index (χ1v) is 8.61. The third-order valence-electron chi connectivity index (χ3n) is 5.23. The molecule has 142 valence electrons. The second kappa shape index (κ2) is 6.63. The smallest absolute Gasteiger partial charge is 0.477 e. The first kappa shape index (κ1) is 19.3. The molecule has 0 atom stereocenters. The number of aliphatic hydroxyl groups is 1. The second-order valence-electron chi connectivity index (χ2n) is 7.61. The summed E-state index contributed by atoms with van der Waals surface area (Å²) in [7, 11) is -0.709. The van der Waals surface area contributed by atoms with Crippen LogP contribution in [0.2, 0.25) is 0 Å². The monoisotopic (exact) mass is 371 g/mol. The lowest BCUT2D eigenvalue weighted by molar-refractivity contribution is 0.00578. The average Bonchev–Trinajstić information content (AvgIpc) is 2.80. The van der Waals surface area contributed by atoms with Crippen LogP contribution in [0.3, 0.4) is 0 Å². The van der Waals surface area contributed by atoms with Crippen molar-refractivity contribution in [3.8, 4) is 0 Å². The Morgan fingerprint density at radius 1 is 1.22 bits per heavy atom. The quantitative estimate of drug-likeness (QED) is 0.712. The van der Waals surface area contributed by atoms with Crippen LogP contribution in [0.5, 0.6) is 0 Å². The van der Waals surface area contributed by atoms with Crippen molar-refractivity contribution in [3.63, 3.8) is 0 Å². The fraction of sp³-hybridized carbons (Fsp3) is 0.368. The largest absolute Gasteiger partial charge is 0.492 e. The summed E-state index contributed by atoms with van der Waals surface area (Å²) in [5.41, 5.74) is -0.285. The molecule has 8 heteroatoms. The van der Waals surface area contributed by atoms with Crippen molar-refractivity contribution in [2.75, 3.05) is 6.61 Å². The Hall–Kier alpha value is -2.42. The molecule has 0 unspecified atom stereocenters. The minimum atomic E-state index is -1.28. The van der Waals surface area contributed by atoms with E-state index >= 15 is 0 Å². The highest BCUT2D eigenvalue weighted by atomic mass is 16.7. The Morgan fingerprint density at radius 2 is 1.85 bits per heavy atom. The molecule has 1 aliphatic heterocycles. The van der Waals surface area contributed by atoms with E-state index < -0.39 is 29.7 Å². The van der Waals surface area contributed by atoms with Gasteiger partial charge in [0.1, 0.15) is 5.56 Å². The van der Waals surface area contributed by atoms with E-state index in [1.807, 2.05) is 27.7 Å². The van der Waals surface area contributed by atoms with Crippen LogP contribution in [0.15, 0.2) is 34.7 Å². The molecule has 7 nitrogen and oxygen atoms in total. The second-order valence-corrected chi connectivity index (χ2v) is 7.61. The fourth-order valence-electron chi connectivity index (χ4n) is 2.88. The lowest BCUT2D eigenvalue weighted by Crippen LogP contribution is -2.41. The van der Waals surface area contributed by atoms with E-state index in [1.54, 1.807) is 24.3 Å². The van der Waals surface area contributed by atoms with E-state index in [4.69, 9.17) is 14.4 Å². The van der Waals surface area contributed by atoms with Gasteiger partial charge in [0, 0.05) is 17.1 Å². The zero-order chi connectivity index (χ0) is 20.0. The van der Waals surface area contributed by atoms with Crippen molar-refractivity contribution < 1.29 is 24.3 Å². The fourth-order valence-corrected chi connectivity index (χ4v) is 2.88. The first-order chi connectivity index (χ1) is 12.6. The maximum atomic E-state index is 12.4. The maximum absolute atomic E-state index is 12.4. The summed E-state index contributed by atoms with van der Waals surface area (Å²) in [4.78, 5) is 26.4. The molecule has 27 heavy (non-hydrogen) atoms. The van der Waals surface area contributed by atoms with Crippen LogP contribution in [0, 0.1) is 0 Å². The van der Waals surface area contributed by atoms with Gasteiger partial charge in [-0.25, -0.2) is 4.79 Å². The van der Waals surface area contributed by atoms with Gasteiger partial charge in [-0.2, -0.15) is 0 Å². The minimum absolute atomic E-state index is 0.259. The van der Waals surface area contributed by atoms with Crippen LogP contribution in [0.1, 0.15) is 43.6 Å². The van der Waals surface area contributed by atoms with E-state index in [1.165, 1.54) is 6.20 Å². The Labute approximate surface area is 156 Å². The molecule has 0 amide bonds. The van der Waals surface area contributed by atoms with Crippen molar-refractivity contribution in [1.29, 1.82) is 0 Å². The highest BCUT2D eigenvalue weighted by Gasteiger charge is 2.52. The van der Waals surface area contributed by atoms with Gasteiger partial charge in [0.2, 0.25) is 5.43 Å². The number of pyridine rings is 1. The van der Waals surface area contributed by atoms with Gasteiger partial charge in [-0.3, -0.25) is 4.79 Å². The number of hydrogen-bond donors (Lipinski definition) is 3. The van der Waals surface area contributed by atoms with Crippen LogP contribution >= 0.6 is 0 Å². The molecule has 0 spiro atoms. The van der Waals surface area contributed by atoms with Gasteiger partial charge in [-0.05, 0) is 50.9 Å². The summed E-state index contributed by atoms with van der Waals surface area (Å²) in [5, 5.41) is 19.2. The zero-order valence-corrected chi connectivity index (χ0v) is 15.7. The van der Waals surface area contributed by atoms with Gasteiger partial charge in [-0.15, -0.1) is 0 Å². The lowest BCUT2D eigenvalue weighted by Gasteiger charge is -2.32. The topological polar surface area (TPSA) is 109 Å². The SMILES string of the molecule is CC1(C)OB(C(=Cc2ccc3[nH]cc(C(=O)O)c(=O)c3c2)CO)OC1(C)C. The van der Waals surface area contributed by atoms with E-state index in [0.717, 1.165) is 0 Å². The molecule has 1 fully saturated rings. The summed E-state index contributed by atoms with van der Waals surface area (Å²) in [6, 6.07) is 5.04. The summed E-state index contributed by atoms with van der Waals surface area (Å²) in [6.45, 7) is 7.41. The highest BCUT2D eigenvalue weighted by Crippen LogP contribution is 2.38. The van der Waals surface area contributed by atoms with Crippen LogP contribution in [-0.2, 0) is 9.31 Å². The number of H-pyrrole nitrogens is 1. The van der Waals surface area contributed by atoms with E-state index in [-0.39, 0.29) is 17.6 Å². The van der Waals surface area contributed by atoms with Gasteiger partial charge in [-0.1, -0.05) is 12.1 Å². The molecule has 3 rings (SSSR count). The molecule has 1 aliphatic rings. The number of rotatable bonds is 4. The highest BCUT2D eigenvalue weighted by molar-refractivity contribution is 6.55. The molecule has 1 saturated heterocycles. The summed E-state index contributed by atoms with van der Waals surface area (Å²) in [6.07, 6.45) is 2.88. The predicted octanol–water partition coefficient (Wildman–Crippen LogP) is 2.23. The average molecular weight is 371 g/mol. The zero-order valence-electron chi connectivity index (χ0n) is 15.7. The van der Waals surface area contributed by atoms with Gasteiger partial charge >= 0.3 is 13.1 Å². The van der Waals surface area contributed by atoms with Crippen molar-refractivity contribution in [1.82, 2.24) is 4.98 Å². The van der Waals surface area contributed by atoms with E-state index in [0.29, 0.717) is 16.6 Å². The number of aromatic carboxylic acids is 1. The number of aliphatic hydroxyl groups excluding tert-OH is 1. The molecule has 3 N–H and O–H groups in total. The number of carboxylic acids is 1. The van der Waals surface area contributed by atoms with Gasteiger partial charge in [0.05, 0.1) is 17.8 Å². The molecule has 0 radical (unpaired) electrons. The molecular weight excluding hydrogens is 349 g/mol. The van der Waals surface area contributed by atoms with Crippen molar-refractivity contribution in [2.24, 2.45) is 0 Å². The number of fused-ring (bicyclic) bond motifs is 1. The normalized spacial score (nSPS) is 18.9. The Morgan fingerprint density at radius 3 is 2.41 bits per heavy atom. The van der Waals surface area contributed by atoms with Crippen LogP contribution < -0.4 is 5.43 Å². The molecule has 0 aliphatic carbocycles. The number of carbonyl (C=O) groups is 1. The van der Waals surface area contributed by atoms with Crippen LogP contribution in [0.25, 0.3) is 17.0 Å². The van der Waals surface area contributed by atoms with E-state index in [9.17, 15) is 14.7 Å². The third kappa shape index (κ3) is 3.43. The first-order valence-electron chi connectivity index (χ1n) is 8.61. The van der Waals surface area contributed by atoms with Crippen molar-refractivity contribution in [3.05, 3.63) is 51.2 Å². The predicted molar refractivity (Wildman–Crippen MR) is 103 cm³/mol. The molecule has 0 saturated carbocycles. The van der Waals surface area contributed by atoms with Crippen molar-refractivity contribution in [2.45, 2.75) is 38.9 Å². The number of carboxylic acid groups (broad SMARTS) is 1. The van der Waals surface area contributed by atoms with Gasteiger partial charge < -0.3 is 24.5 Å². The number of nitrogens with one attached hydrogen (secondary N) is 1. The third-order valence-corrected chi connectivity index (χ3v) is 5.23. The summed E-state index contributed by atoms with van der Waals surface area (Å²) < 4.78 is 11.9. The Balaban J connectivity index is 2.02. The molecule has 2 aromatic rings. The van der Waals surface area contributed by atoms with Gasteiger partial charge in [0.15, 0.2) is 0 Å².